The first-order chi connectivity index (χ1) is 17.4. The van der Waals surface area contributed by atoms with Gasteiger partial charge in [-0.15, -0.1) is 11.8 Å². The van der Waals surface area contributed by atoms with Crippen LogP contribution in [0.25, 0.3) is 0 Å². The number of nitrogens with zero attached hydrogens (tertiary/aromatic N) is 2. The highest BCUT2D eigenvalue weighted by atomic mass is 35.5. The zero-order chi connectivity index (χ0) is 27.1. The van der Waals surface area contributed by atoms with Gasteiger partial charge < -0.3 is 15.8 Å². The van der Waals surface area contributed by atoms with Gasteiger partial charge in [-0.2, -0.15) is 13.2 Å². The third-order valence-corrected chi connectivity index (χ3v) is 7.81. The topological polar surface area (TPSA) is 88.6 Å². The molecule has 0 saturated heterocycles. The van der Waals surface area contributed by atoms with Crippen LogP contribution in [0.15, 0.2) is 58.4 Å². The Balaban J connectivity index is 1.78. The predicted octanol–water partition coefficient (Wildman–Crippen LogP) is 5.28. The van der Waals surface area contributed by atoms with Crippen molar-refractivity contribution in [1.82, 2.24) is 9.58 Å². The number of rotatable bonds is 5. The van der Waals surface area contributed by atoms with Gasteiger partial charge in [-0.25, -0.2) is 4.39 Å². The summed E-state index contributed by atoms with van der Waals surface area (Å²) in [6.45, 7) is 0.308. The summed E-state index contributed by atoms with van der Waals surface area (Å²) in [6.07, 6.45) is -4.07. The normalized spacial score (nSPS) is 15.9. The van der Waals surface area contributed by atoms with Crippen molar-refractivity contribution in [3.8, 4) is 5.75 Å². The third-order valence-electron chi connectivity index (χ3n) is 6.40. The number of hydrogen-bond acceptors (Lipinski definition) is 5. The third kappa shape index (κ3) is 5.15. The van der Waals surface area contributed by atoms with Crippen LogP contribution >= 0.6 is 23.4 Å². The number of nitrogens with two attached hydrogens (primary N) is 1. The Hall–Kier alpha value is -3.18. The summed E-state index contributed by atoms with van der Waals surface area (Å²) in [5.41, 5.74) is -0.185. The van der Waals surface area contributed by atoms with Crippen molar-refractivity contribution in [1.29, 1.82) is 0 Å². The van der Waals surface area contributed by atoms with Gasteiger partial charge in [-0.3, -0.25) is 14.3 Å². The second kappa shape index (κ2) is 10.3. The van der Waals surface area contributed by atoms with Crippen molar-refractivity contribution in [2.75, 3.05) is 12.4 Å². The average Bonchev–Trinajstić information content (AvgIpc) is 3.00. The molecule has 3 N–H and O–H groups in total. The van der Waals surface area contributed by atoms with Crippen molar-refractivity contribution < 1.29 is 27.5 Å². The van der Waals surface area contributed by atoms with Gasteiger partial charge in [-0.1, -0.05) is 41.9 Å². The molecule has 4 rings (SSSR count). The number of fused-ring (bicyclic) bond motifs is 2. The lowest BCUT2D eigenvalue weighted by Crippen LogP contribution is -2.49. The molecule has 1 aliphatic heterocycles. The van der Waals surface area contributed by atoms with E-state index in [1.807, 2.05) is 12.1 Å². The summed E-state index contributed by atoms with van der Waals surface area (Å²) < 4.78 is 57.2. The lowest BCUT2D eigenvalue weighted by molar-refractivity contribution is -0.172. The minimum Gasteiger partial charge on any atom is -0.502 e. The second-order valence-corrected chi connectivity index (χ2v) is 10.0. The molecule has 0 fully saturated rings. The zero-order valence-electron chi connectivity index (χ0n) is 19.4. The fraction of sp³-hybridized carbons (Fsp3) is 0.280. The number of thioether (sulfide) groups is 1. The van der Waals surface area contributed by atoms with Gasteiger partial charge in [0.05, 0.1) is 0 Å². The Morgan fingerprint density at radius 3 is 2.68 bits per heavy atom. The molecule has 2 aromatic carbocycles. The molecule has 2 heterocycles. The monoisotopic (exact) mass is 555 g/mol. The quantitative estimate of drug-likeness (QED) is 0.330. The Labute approximate surface area is 218 Å². The van der Waals surface area contributed by atoms with Gasteiger partial charge in [0.2, 0.25) is 5.43 Å². The first-order valence-corrected chi connectivity index (χ1v) is 12.5. The minimum absolute atomic E-state index is 0.0686. The van der Waals surface area contributed by atoms with Crippen molar-refractivity contribution in [2.24, 2.45) is 0 Å². The molecule has 0 aliphatic carbocycles. The molecule has 0 spiro atoms. The molecule has 6 nitrogen and oxygen atoms in total. The van der Waals surface area contributed by atoms with E-state index in [0.717, 1.165) is 23.6 Å². The number of hydrogen-bond donors (Lipinski definition) is 2. The SMILES string of the molecule is C[C@@H](N(CC[C@@H]1c2ccccc2SCc2cccc(F)c21)C(=O)c1c(O)c(=O)c(Cl)cn1N)C(F)(F)F. The molecule has 0 unspecified atom stereocenters. The van der Waals surface area contributed by atoms with E-state index in [9.17, 15) is 27.9 Å². The Morgan fingerprint density at radius 2 is 1.97 bits per heavy atom. The van der Waals surface area contributed by atoms with E-state index in [1.54, 1.807) is 24.3 Å². The number of aromatic nitrogens is 1. The molecule has 2 atom stereocenters. The Morgan fingerprint density at radius 1 is 1.27 bits per heavy atom. The molecule has 12 heteroatoms. The van der Waals surface area contributed by atoms with Gasteiger partial charge in [0, 0.05) is 29.3 Å². The van der Waals surface area contributed by atoms with E-state index in [2.05, 4.69) is 0 Å². The maximum atomic E-state index is 15.1. The van der Waals surface area contributed by atoms with Crippen LogP contribution in [0, 0.1) is 5.82 Å². The molecule has 0 saturated carbocycles. The first-order valence-electron chi connectivity index (χ1n) is 11.2. The lowest BCUT2D eigenvalue weighted by Gasteiger charge is -2.33. The van der Waals surface area contributed by atoms with Gasteiger partial charge in [-0.05, 0) is 42.2 Å². The Kier molecular flexibility index (Phi) is 7.48. The van der Waals surface area contributed by atoms with E-state index in [-0.39, 0.29) is 6.42 Å². The molecule has 0 radical (unpaired) electrons. The van der Waals surface area contributed by atoms with Crippen LogP contribution in [0.1, 0.15) is 46.4 Å². The van der Waals surface area contributed by atoms with Crippen LogP contribution in [-0.4, -0.2) is 39.4 Å². The molecular formula is C25H22ClF4N3O3S. The van der Waals surface area contributed by atoms with E-state index < -0.39 is 58.3 Å². The van der Waals surface area contributed by atoms with Crippen molar-refractivity contribution in [2.45, 2.75) is 42.1 Å². The number of nitrogen functional groups attached to an aromatic ring is 1. The predicted molar refractivity (Wildman–Crippen MR) is 133 cm³/mol. The summed E-state index contributed by atoms with van der Waals surface area (Å²) >= 11 is 7.18. The maximum absolute atomic E-state index is 15.1. The molecule has 196 valence electrons. The largest absolute Gasteiger partial charge is 0.502 e. The van der Waals surface area contributed by atoms with Crippen molar-refractivity contribution in [3.63, 3.8) is 0 Å². The van der Waals surface area contributed by atoms with Crippen molar-refractivity contribution in [3.05, 3.63) is 92.1 Å². The number of benzene rings is 2. The van der Waals surface area contributed by atoms with Gasteiger partial charge in [0.25, 0.3) is 5.91 Å². The summed E-state index contributed by atoms with van der Waals surface area (Å²) in [6, 6.07) is 9.56. The lowest BCUT2D eigenvalue weighted by atomic mass is 9.85. The first kappa shape index (κ1) is 26.9. The summed E-state index contributed by atoms with van der Waals surface area (Å²) in [7, 11) is 0. The fourth-order valence-corrected chi connectivity index (χ4v) is 5.77. The summed E-state index contributed by atoms with van der Waals surface area (Å²) in [5, 5.41) is 9.73. The number of alkyl halides is 3. The van der Waals surface area contributed by atoms with E-state index >= 15 is 4.39 Å². The Bertz CT molecular complexity index is 1410. The van der Waals surface area contributed by atoms with Gasteiger partial charge in [0.1, 0.15) is 16.9 Å². The van der Waals surface area contributed by atoms with Crippen LogP contribution in [0.4, 0.5) is 17.6 Å². The number of carbonyl (C=O) groups is 1. The average molecular weight is 556 g/mol. The van der Waals surface area contributed by atoms with Gasteiger partial charge in [0.15, 0.2) is 11.4 Å². The van der Waals surface area contributed by atoms with Crippen LogP contribution in [0.2, 0.25) is 5.02 Å². The standard InChI is InChI=1S/C25H22ClF4N3O3S/c1-13(25(28,29)30)32(24(36)21-23(35)22(34)17(26)11-33(21)31)10-9-16-15-6-2-3-8-19(15)37-12-14-5-4-7-18(27)20(14)16/h2-8,11,13,16,35H,9-10,12,31H2,1H3/t13-,16-/m1/s1. The number of aromatic hydroxyl groups is 1. The maximum Gasteiger partial charge on any atom is 0.408 e. The number of amides is 1. The van der Waals surface area contributed by atoms with Crippen LogP contribution in [0.5, 0.6) is 5.75 Å². The zero-order valence-corrected chi connectivity index (χ0v) is 21.0. The van der Waals surface area contributed by atoms with E-state index in [4.69, 9.17) is 17.4 Å². The van der Waals surface area contributed by atoms with Crippen LogP contribution in [0.3, 0.4) is 0 Å². The smallest absolute Gasteiger partial charge is 0.408 e. The highest BCUT2D eigenvalue weighted by Crippen LogP contribution is 2.43. The summed E-state index contributed by atoms with van der Waals surface area (Å²) in [4.78, 5) is 26.8. The summed E-state index contributed by atoms with van der Waals surface area (Å²) in [5.74, 6) is 2.55. The van der Waals surface area contributed by atoms with E-state index in [0.29, 0.717) is 26.5 Å². The molecule has 3 aromatic rings. The van der Waals surface area contributed by atoms with Crippen LogP contribution < -0.4 is 11.3 Å². The molecule has 1 aromatic heterocycles. The number of carbonyl (C=O) groups excluding carboxylic acids is 1. The number of halogens is 5. The number of pyridine rings is 1. The van der Waals surface area contributed by atoms with Crippen molar-refractivity contribution >= 4 is 29.3 Å². The molecule has 1 amide bonds. The molecule has 0 bridgehead atoms. The van der Waals surface area contributed by atoms with E-state index in [1.165, 1.54) is 17.8 Å². The minimum atomic E-state index is -4.84. The second-order valence-electron chi connectivity index (χ2n) is 8.61. The van der Waals surface area contributed by atoms with Gasteiger partial charge >= 0.3 is 6.18 Å². The molecular weight excluding hydrogens is 534 g/mol. The van der Waals surface area contributed by atoms with Crippen LogP contribution in [-0.2, 0) is 5.75 Å². The highest BCUT2D eigenvalue weighted by Gasteiger charge is 2.44. The molecule has 1 aliphatic rings. The fourth-order valence-electron chi connectivity index (χ4n) is 4.46. The highest BCUT2D eigenvalue weighted by molar-refractivity contribution is 7.98. The molecule has 37 heavy (non-hydrogen) atoms.